The van der Waals surface area contributed by atoms with E-state index in [2.05, 4.69) is 19.6 Å². The smallest absolute Gasteiger partial charge is 0.214 e. The van der Waals surface area contributed by atoms with Crippen LogP contribution in [0.4, 0.5) is 4.39 Å². The summed E-state index contributed by atoms with van der Waals surface area (Å²) in [6.45, 7) is 0. The van der Waals surface area contributed by atoms with Crippen molar-refractivity contribution in [3.63, 3.8) is 0 Å². The summed E-state index contributed by atoms with van der Waals surface area (Å²) in [6, 6.07) is 1.29. The zero-order chi connectivity index (χ0) is 8.39. The van der Waals surface area contributed by atoms with Crippen molar-refractivity contribution >= 4 is 0 Å². The molecule has 0 atom stereocenters. The Labute approximate surface area is 67.1 Å². The van der Waals surface area contributed by atoms with Gasteiger partial charge in [0.05, 0.1) is 6.20 Å². The van der Waals surface area contributed by atoms with Crippen LogP contribution < -0.4 is 0 Å². The molecule has 0 spiro atoms. The maximum absolute atomic E-state index is 12.6. The molecule has 12 heavy (non-hydrogen) atoms. The van der Waals surface area contributed by atoms with E-state index < -0.39 is 5.82 Å². The third-order valence-electron chi connectivity index (χ3n) is 1.32. The van der Waals surface area contributed by atoms with Gasteiger partial charge in [0.2, 0.25) is 12.2 Å². The average molecular weight is 165 g/mol. The van der Waals surface area contributed by atoms with Crippen molar-refractivity contribution in [2.45, 2.75) is 0 Å². The second kappa shape index (κ2) is 2.69. The van der Waals surface area contributed by atoms with Crippen LogP contribution in [0.2, 0.25) is 0 Å². The quantitative estimate of drug-likeness (QED) is 0.638. The molecule has 0 unspecified atom stereocenters. The van der Waals surface area contributed by atoms with Crippen LogP contribution in [0.5, 0.6) is 0 Å². The summed E-state index contributed by atoms with van der Waals surface area (Å²) in [4.78, 5) is 7.39. The lowest BCUT2D eigenvalue weighted by atomic mass is 10.3. The third-order valence-corrected chi connectivity index (χ3v) is 1.32. The Morgan fingerprint density at radius 3 is 2.92 bits per heavy atom. The van der Waals surface area contributed by atoms with Gasteiger partial charge < -0.3 is 4.52 Å². The molecule has 0 saturated heterocycles. The Morgan fingerprint density at radius 2 is 2.25 bits per heavy atom. The van der Waals surface area contributed by atoms with E-state index in [4.69, 9.17) is 0 Å². The molecular formula is C7H4FN3O. The first-order valence-corrected chi connectivity index (χ1v) is 3.23. The van der Waals surface area contributed by atoms with E-state index in [0.29, 0.717) is 11.4 Å². The Balaban J connectivity index is 2.48. The van der Waals surface area contributed by atoms with Gasteiger partial charge >= 0.3 is 0 Å². The van der Waals surface area contributed by atoms with Crippen LogP contribution in [0.15, 0.2) is 29.4 Å². The molecule has 0 aliphatic heterocycles. The number of halogens is 1. The fraction of sp³-hybridized carbons (Fsp3) is 0. The highest BCUT2D eigenvalue weighted by atomic mass is 19.1. The fourth-order valence-corrected chi connectivity index (χ4v) is 0.832. The van der Waals surface area contributed by atoms with Crippen molar-refractivity contribution < 1.29 is 8.91 Å². The Kier molecular flexibility index (Phi) is 1.55. The minimum atomic E-state index is -0.419. The first-order valence-electron chi connectivity index (χ1n) is 3.23. The lowest BCUT2D eigenvalue weighted by Crippen LogP contribution is -1.84. The first kappa shape index (κ1) is 6.90. The average Bonchev–Trinajstić information content (AvgIpc) is 2.56. The van der Waals surface area contributed by atoms with Crippen LogP contribution in [0.1, 0.15) is 0 Å². The summed E-state index contributed by atoms with van der Waals surface area (Å²) in [5.41, 5.74) is 0.503. The summed E-state index contributed by atoms with van der Waals surface area (Å²) < 4.78 is 17.1. The highest BCUT2D eigenvalue weighted by molar-refractivity contribution is 5.51. The molecule has 2 rings (SSSR count). The minimum Gasteiger partial charge on any atom is -0.342 e. The second-order valence-electron chi connectivity index (χ2n) is 2.15. The van der Waals surface area contributed by atoms with E-state index in [1.807, 2.05) is 0 Å². The van der Waals surface area contributed by atoms with Crippen LogP contribution in [-0.4, -0.2) is 15.1 Å². The summed E-state index contributed by atoms with van der Waals surface area (Å²) in [7, 11) is 0. The predicted molar refractivity (Wildman–Crippen MR) is 37.5 cm³/mol. The maximum atomic E-state index is 12.6. The second-order valence-corrected chi connectivity index (χ2v) is 2.15. The third kappa shape index (κ3) is 1.16. The molecule has 0 aromatic carbocycles. The Morgan fingerprint density at radius 1 is 1.33 bits per heavy atom. The molecule has 0 aliphatic carbocycles. The number of nitrogens with zero attached hydrogens (tertiary/aromatic N) is 3. The molecule has 0 N–H and O–H groups in total. The van der Waals surface area contributed by atoms with E-state index >= 15 is 0 Å². The lowest BCUT2D eigenvalue weighted by Gasteiger charge is -1.91. The number of hydrogen-bond donors (Lipinski definition) is 0. The molecule has 60 valence electrons. The number of pyridine rings is 1. The van der Waals surface area contributed by atoms with E-state index in [-0.39, 0.29) is 0 Å². The molecule has 0 fully saturated rings. The van der Waals surface area contributed by atoms with Crippen molar-refractivity contribution in [2.24, 2.45) is 0 Å². The van der Waals surface area contributed by atoms with Gasteiger partial charge in [-0.15, -0.1) is 0 Å². The van der Waals surface area contributed by atoms with Gasteiger partial charge in [0, 0.05) is 11.8 Å². The standard InChI is InChI=1S/C7H4FN3O/c8-6-1-5(2-9-3-6)7-10-4-12-11-7/h1-4H. The molecule has 2 aromatic rings. The number of aromatic nitrogens is 3. The Bertz CT molecular complexity index is 374. The van der Waals surface area contributed by atoms with Gasteiger partial charge in [-0.25, -0.2) is 4.39 Å². The molecule has 2 heterocycles. The summed E-state index contributed by atoms with van der Waals surface area (Å²) in [6.07, 6.45) is 3.76. The van der Waals surface area contributed by atoms with Gasteiger partial charge in [-0.3, -0.25) is 4.98 Å². The molecular weight excluding hydrogens is 161 g/mol. The fourth-order valence-electron chi connectivity index (χ4n) is 0.832. The van der Waals surface area contributed by atoms with Crippen LogP contribution in [0.3, 0.4) is 0 Å². The van der Waals surface area contributed by atoms with Crippen molar-refractivity contribution in [2.75, 3.05) is 0 Å². The molecule has 0 radical (unpaired) electrons. The molecule has 2 aromatic heterocycles. The van der Waals surface area contributed by atoms with Gasteiger partial charge in [-0.05, 0) is 6.07 Å². The van der Waals surface area contributed by atoms with Gasteiger partial charge in [0.25, 0.3) is 0 Å². The van der Waals surface area contributed by atoms with Crippen molar-refractivity contribution in [1.82, 2.24) is 15.1 Å². The highest BCUT2D eigenvalue weighted by Gasteiger charge is 2.03. The molecule has 5 heteroatoms. The summed E-state index contributed by atoms with van der Waals surface area (Å²) in [5, 5.41) is 3.53. The maximum Gasteiger partial charge on any atom is 0.214 e. The van der Waals surface area contributed by atoms with Crippen molar-refractivity contribution in [3.8, 4) is 11.4 Å². The number of rotatable bonds is 1. The van der Waals surface area contributed by atoms with Crippen LogP contribution in [0.25, 0.3) is 11.4 Å². The topological polar surface area (TPSA) is 51.8 Å². The molecule has 0 aliphatic rings. The van der Waals surface area contributed by atoms with Crippen molar-refractivity contribution in [3.05, 3.63) is 30.7 Å². The molecule has 4 nitrogen and oxygen atoms in total. The molecule has 0 amide bonds. The first-order chi connectivity index (χ1) is 5.86. The van der Waals surface area contributed by atoms with E-state index in [0.717, 1.165) is 6.20 Å². The predicted octanol–water partition coefficient (Wildman–Crippen LogP) is 1.27. The summed E-state index contributed by atoms with van der Waals surface area (Å²) in [5.74, 6) is -0.0840. The lowest BCUT2D eigenvalue weighted by molar-refractivity contribution is 0.418. The van der Waals surface area contributed by atoms with Gasteiger partial charge in [-0.2, -0.15) is 4.98 Å². The number of hydrogen-bond acceptors (Lipinski definition) is 4. The van der Waals surface area contributed by atoms with Crippen LogP contribution in [-0.2, 0) is 0 Å². The zero-order valence-electron chi connectivity index (χ0n) is 5.94. The van der Waals surface area contributed by atoms with Crippen LogP contribution >= 0.6 is 0 Å². The van der Waals surface area contributed by atoms with Gasteiger partial charge in [-0.1, -0.05) is 5.16 Å². The highest BCUT2D eigenvalue weighted by Crippen LogP contribution is 2.12. The molecule has 0 bridgehead atoms. The molecule has 0 saturated carbocycles. The van der Waals surface area contributed by atoms with Crippen molar-refractivity contribution in [1.29, 1.82) is 0 Å². The Hall–Kier alpha value is -1.78. The van der Waals surface area contributed by atoms with Gasteiger partial charge in [0.1, 0.15) is 5.82 Å². The largest absolute Gasteiger partial charge is 0.342 e. The SMILES string of the molecule is Fc1cncc(-c2ncon2)c1. The van der Waals surface area contributed by atoms with Crippen LogP contribution in [0, 0.1) is 5.82 Å². The van der Waals surface area contributed by atoms with E-state index in [9.17, 15) is 4.39 Å². The minimum absolute atomic E-state index is 0.335. The monoisotopic (exact) mass is 165 g/mol. The zero-order valence-corrected chi connectivity index (χ0v) is 5.94. The summed E-state index contributed by atoms with van der Waals surface area (Å²) >= 11 is 0. The van der Waals surface area contributed by atoms with Gasteiger partial charge in [0.15, 0.2) is 0 Å². The van der Waals surface area contributed by atoms with E-state index in [1.165, 1.54) is 18.7 Å². The normalized spacial score (nSPS) is 10.1. The van der Waals surface area contributed by atoms with E-state index in [1.54, 1.807) is 0 Å².